The third-order valence-corrected chi connectivity index (χ3v) is 1.06. The van der Waals surface area contributed by atoms with Crippen LogP contribution in [0.3, 0.4) is 0 Å². The van der Waals surface area contributed by atoms with Crippen LogP contribution < -0.4 is 5.73 Å². The van der Waals surface area contributed by atoms with E-state index >= 15 is 0 Å². The van der Waals surface area contributed by atoms with Gasteiger partial charge in [-0.1, -0.05) is 0 Å². The Hall–Kier alpha value is -0.760. The molecule has 1 heterocycles. The fourth-order valence-electron chi connectivity index (χ4n) is 0.549. The van der Waals surface area contributed by atoms with Crippen molar-refractivity contribution >= 4 is 0 Å². The summed E-state index contributed by atoms with van der Waals surface area (Å²) in [7, 11) is 0. The minimum Gasteiger partial charge on any atom is -0.469 e. The lowest BCUT2D eigenvalue weighted by molar-refractivity contribution is 0.545. The summed E-state index contributed by atoms with van der Waals surface area (Å²) >= 11 is 0. The highest BCUT2D eigenvalue weighted by Gasteiger charge is 1.94. The smallest absolute Gasteiger partial charge is 0.108 e. The Morgan fingerprint density at radius 3 is 2.75 bits per heavy atom. The molecule has 0 fully saturated rings. The van der Waals surface area contributed by atoms with Gasteiger partial charge in [-0.25, -0.2) is 0 Å². The van der Waals surface area contributed by atoms with Crippen LogP contribution in [-0.2, 0) is 6.54 Å². The van der Waals surface area contributed by atoms with Crippen LogP contribution in [0.15, 0.2) is 16.7 Å². The van der Waals surface area contributed by atoms with Gasteiger partial charge in [0.1, 0.15) is 5.76 Å². The van der Waals surface area contributed by atoms with Crippen LogP contribution >= 0.6 is 0 Å². The van der Waals surface area contributed by atoms with Gasteiger partial charge in [0, 0.05) is 19.0 Å². The summed E-state index contributed by atoms with van der Waals surface area (Å²) in [4.78, 5) is 0. The van der Waals surface area contributed by atoms with E-state index in [0.29, 0.717) is 12.3 Å². The van der Waals surface area contributed by atoms with Crippen LogP contribution in [0.2, 0.25) is 0 Å². The molecule has 0 spiro atoms. The van der Waals surface area contributed by atoms with Crippen molar-refractivity contribution in [3.8, 4) is 0 Å². The molecule has 0 aliphatic carbocycles. The largest absolute Gasteiger partial charge is 0.469 e. The molecule has 0 aliphatic heterocycles. The van der Waals surface area contributed by atoms with E-state index in [1.54, 1.807) is 6.26 Å². The Morgan fingerprint density at radius 2 is 2.50 bits per heavy atom. The number of hydrogen-bond acceptors (Lipinski definition) is 2. The maximum Gasteiger partial charge on any atom is 0.108 e. The van der Waals surface area contributed by atoms with Gasteiger partial charge in [0.05, 0.1) is 6.26 Å². The summed E-state index contributed by atoms with van der Waals surface area (Å²) in [5, 5.41) is 0. The molecule has 8 heavy (non-hydrogen) atoms. The van der Waals surface area contributed by atoms with Gasteiger partial charge in [-0.05, 0) is 6.07 Å². The molecule has 1 aromatic heterocycles. The predicted molar refractivity (Wildman–Crippen MR) is 31.1 cm³/mol. The van der Waals surface area contributed by atoms with Gasteiger partial charge in [-0.15, -0.1) is 0 Å². The molecule has 1 rings (SSSR count). The van der Waals surface area contributed by atoms with Gasteiger partial charge in [0.25, 0.3) is 0 Å². The summed E-state index contributed by atoms with van der Waals surface area (Å²) in [5.74, 6) is 0.674. The normalized spacial score (nSPS) is 9.75. The Balaban J connectivity index is 2.92. The number of hydrogen-bond donors (Lipinski definition) is 1. The molecule has 2 nitrogen and oxygen atoms in total. The zero-order valence-corrected chi connectivity index (χ0v) is 4.55. The summed E-state index contributed by atoms with van der Waals surface area (Å²) < 4.78 is 4.86. The molecule has 0 saturated carbocycles. The SMILES string of the molecule is [CH2]c1occc1CN. The summed E-state index contributed by atoms with van der Waals surface area (Å²) in [6.07, 6.45) is 1.59. The van der Waals surface area contributed by atoms with Crippen LogP contribution in [-0.4, -0.2) is 0 Å². The average molecular weight is 110 g/mol. The molecular formula is C6H8NO. The Kier molecular flexibility index (Phi) is 1.35. The highest BCUT2D eigenvalue weighted by Crippen LogP contribution is 2.05. The van der Waals surface area contributed by atoms with Crippen molar-refractivity contribution in [1.82, 2.24) is 0 Å². The van der Waals surface area contributed by atoms with E-state index < -0.39 is 0 Å². The van der Waals surface area contributed by atoms with Crippen molar-refractivity contribution < 1.29 is 4.42 Å². The van der Waals surface area contributed by atoms with Crippen molar-refractivity contribution in [2.24, 2.45) is 5.73 Å². The Labute approximate surface area is 48.3 Å². The molecule has 2 N–H and O–H groups in total. The minimum absolute atomic E-state index is 0.509. The lowest BCUT2D eigenvalue weighted by Gasteiger charge is -1.86. The second kappa shape index (κ2) is 2.01. The molecule has 43 valence electrons. The van der Waals surface area contributed by atoms with Gasteiger partial charge < -0.3 is 10.2 Å². The second-order valence-corrected chi connectivity index (χ2v) is 1.57. The van der Waals surface area contributed by atoms with E-state index in [2.05, 4.69) is 6.92 Å². The molecule has 0 aliphatic rings. The third kappa shape index (κ3) is 0.746. The molecule has 0 unspecified atom stereocenters. The fourth-order valence-corrected chi connectivity index (χ4v) is 0.549. The zero-order chi connectivity index (χ0) is 5.98. The Bertz CT molecular complexity index is 169. The van der Waals surface area contributed by atoms with Crippen molar-refractivity contribution in [3.63, 3.8) is 0 Å². The first-order valence-corrected chi connectivity index (χ1v) is 2.43. The van der Waals surface area contributed by atoms with E-state index in [0.717, 1.165) is 5.56 Å². The Morgan fingerprint density at radius 1 is 1.75 bits per heavy atom. The topological polar surface area (TPSA) is 39.2 Å². The van der Waals surface area contributed by atoms with Crippen molar-refractivity contribution in [1.29, 1.82) is 0 Å². The van der Waals surface area contributed by atoms with Crippen LogP contribution in [0.5, 0.6) is 0 Å². The minimum atomic E-state index is 0.509. The van der Waals surface area contributed by atoms with Crippen LogP contribution in [0, 0.1) is 6.92 Å². The molecule has 0 bridgehead atoms. The lowest BCUT2D eigenvalue weighted by atomic mass is 10.3. The maximum absolute atomic E-state index is 5.30. The van der Waals surface area contributed by atoms with Crippen LogP contribution in [0.25, 0.3) is 0 Å². The van der Waals surface area contributed by atoms with Gasteiger partial charge in [-0.2, -0.15) is 0 Å². The van der Waals surface area contributed by atoms with Crippen molar-refractivity contribution in [3.05, 3.63) is 30.6 Å². The fraction of sp³-hybridized carbons (Fsp3) is 0.167. The molecule has 0 amide bonds. The standard InChI is InChI=1S/C6H8NO/c1-5-6(4-7)2-3-8-5/h2-3H,1,4,7H2. The quantitative estimate of drug-likeness (QED) is 0.583. The molecule has 1 radical (unpaired) electrons. The molecule has 1 aromatic rings. The maximum atomic E-state index is 5.30. The first-order chi connectivity index (χ1) is 3.84. The number of nitrogens with two attached hydrogens (primary N) is 1. The van der Waals surface area contributed by atoms with E-state index in [1.165, 1.54) is 0 Å². The predicted octanol–water partition coefficient (Wildman–Crippen LogP) is 0.920. The van der Waals surface area contributed by atoms with E-state index in [4.69, 9.17) is 10.2 Å². The second-order valence-electron chi connectivity index (χ2n) is 1.57. The first kappa shape index (κ1) is 5.38. The summed E-state index contributed by atoms with van der Waals surface area (Å²) in [6.45, 7) is 4.11. The molecular weight excluding hydrogens is 102 g/mol. The first-order valence-electron chi connectivity index (χ1n) is 2.43. The van der Waals surface area contributed by atoms with Gasteiger partial charge in [0.2, 0.25) is 0 Å². The molecule has 0 saturated heterocycles. The molecule has 0 atom stereocenters. The monoisotopic (exact) mass is 110 g/mol. The summed E-state index contributed by atoms with van der Waals surface area (Å²) in [5.41, 5.74) is 6.27. The van der Waals surface area contributed by atoms with Gasteiger partial charge in [-0.3, -0.25) is 0 Å². The molecule has 2 heteroatoms. The van der Waals surface area contributed by atoms with E-state index in [9.17, 15) is 0 Å². The van der Waals surface area contributed by atoms with Crippen molar-refractivity contribution in [2.45, 2.75) is 6.54 Å². The highest BCUT2D eigenvalue weighted by atomic mass is 16.3. The van der Waals surface area contributed by atoms with Crippen molar-refractivity contribution in [2.75, 3.05) is 0 Å². The van der Waals surface area contributed by atoms with Crippen LogP contribution in [0.4, 0.5) is 0 Å². The number of rotatable bonds is 1. The molecule has 0 aromatic carbocycles. The average Bonchev–Trinajstić information content (AvgIpc) is 2.14. The third-order valence-electron chi connectivity index (χ3n) is 1.06. The van der Waals surface area contributed by atoms with Crippen LogP contribution in [0.1, 0.15) is 11.3 Å². The highest BCUT2D eigenvalue weighted by molar-refractivity contribution is 5.18. The summed E-state index contributed by atoms with van der Waals surface area (Å²) in [6, 6.07) is 1.82. The number of furan rings is 1. The van der Waals surface area contributed by atoms with E-state index in [-0.39, 0.29) is 0 Å². The van der Waals surface area contributed by atoms with E-state index in [1.807, 2.05) is 6.07 Å². The zero-order valence-electron chi connectivity index (χ0n) is 4.55. The van der Waals surface area contributed by atoms with Gasteiger partial charge >= 0.3 is 0 Å². The lowest BCUT2D eigenvalue weighted by Crippen LogP contribution is -1.94. The van der Waals surface area contributed by atoms with Gasteiger partial charge in [0.15, 0.2) is 0 Å².